The normalized spacial score (nSPS) is 16.2. The highest BCUT2D eigenvalue weighted by Crippen LogP contribution is 2.26. The van der Waals surface area contributed by atoms with Crippen molar-refractivity contribution in [3.05, 3.63) is 87.3 Å². The molecular weight excluding hydrogens is 576 g/mol. The molecule has 0 bridgehead atoms. The number of allylic oxidation sites excluding steroid dienone is 6. The van der Waals surface area contributed by atoms with Crippen molar-refractivity contribution in [1.82, 2.24) is 30.3 Å². The zero-order chi connectivity index (χ0) is 32.0. The Labute approximate surface area is 262 Å². The van der Waals surface area contributed by atoms with Gasteiger partial charge in [-0.3, -0.25) is 14.4 Å². The van der Waals surface area contributed by atoms with Gasteiger partial charge in [0.2, 0.25) is 6.41 Å². The van der Waals surface area contributed by atoms with Crippen LogP contribution >= 0.6 is 0 Å². The standard InChI is InChI=1S/C32H42N8O5/c1-39-32(44)29(37-30-10-9-24(20-36-30)31(43)40-15-17-45-18-16-40)19-28(38-39)26(11-12-33)25(21-41)7-4-6-23-5-2-3-8-27(23)35-14-13-34-22-42/h4,6,9-12,19-20,22,35,41H,2-3,5,7-8,13-18,21,33H2,1H3,(H,34,42)(H,36,37)/b6-4+,12-11-,26-25-. The largest absolute Gasteiger partial charge is 0.405 e. The number of rotatable bonds is 14. The number of carbonyl (C=O) groups is 2. The average molecular weight is 619 g/mol. The number of nitrogens with two attached hydrogens (primary N) is 1. The first-order valence-electron chi connectivity index (χ1n) is 15.1. The van der Waals surface area contributed by atoms with Crippen LogP contribution in [0.3, 0.4) is 0 Å². The summed E-state index contributed by atoms with van der Waals surface area (Å²) in [7, 11) is 1.55. The summed E-state index contributed by atoms with van der Waals surface area (Å²) in [6, 6.07) is 4.92. The van der Waals surface area contributed by atoms with E-state index in [4.69, 9.17) is 10.5 Å². The van der Waals surface area contributed by atoms with Gasteiger partial charge in [0.05, 0.1) is 31.1 Å². The predicted molar refractivity (Wildman–Crippen MR) is 172 cm³/mol. The maximum Gasteiger partial charge on any atom is 0.290 e. The maximum atomic E-state index is 13.0. The molecule has 0 spiro atoms. The molecule has 2 aromatic rings. The molecule has 13 nitrogen and oxygen atoms in total. The summed E-state index contributed by atoms with van der Waals surface area (Å²) < 4.78 is 6.54. The Bertz CT molecular complexity index is 1500. The van der Waals surface area contributed by atoms with Crippen molar-refractivity contribution in [2.24, 2.45) is 12.8 Å². The SMILES string of the molecule is Cn1nc(C(/C=C\N)=C(\CO)C/C=C/C2=C(NCCNC=O)CCCC2)cc(Nc2ccc(C(=O)N3CCOCC3)cn2)c1=O. The Balaban J connectivity index is 1.54. The number of anilines is 2. The number of aliphatic hydroxyl groups is 1. The molecule has 240 valence electrons. The van der Waals surface area contributed by atoms with Crippen molar-refractivity contribution in [2.75, 3.05) is 51.3 Å². The number of hydrogen-bond acceptors (Lipinski definition) is 10. The van der Waals surface area contributed by atoms with Gasteiger partial charge in [-0.05, 0) is 73.7 Å². The molecule has 1 fully saturated rings. The molecule has 0 aromatic carbocycles. The van der Waals surface area contributed by atoms with E-state index < -0.39 is 0 Å². The van der Waals surface area contributed by atoms with Gasteiger partial charge < -0.3 is 36.4 Å². The van der Waals surface area contributed by atoms with E-state index >= 15 is 0 Å². The summed E-state index contributed by atoms with van der Waals surface area (Å²) in [5, 5.41) is 23.9. The second-order valence-corrected chi connectivity index (χ2v) is 10.7. The van der Waals surface area contributed by atoms with Crippen LogP contribution in [0.5, 0.6) is 0 Å². The van der Waals surface area contributed by atoms with Gasteiger partial charge in [0, 0.05) is 50.7 Å². The fourth-order valence-corrected chi connectivity index (χ4v) is 5.25. The predicted octanol–water partition coefficient (Wildman–Crippen LogP) is 1.72. The molecular formula is C32H42N8O5. The van der Waals surface area contributed by atoms with Crippen molar-refractivity contribution >= 4 is 29.4 Å². The van der Waals surface area contributed by atoms with E-state index in [2.05, 4.69) is 32.1 Å². The number of ether oxygens (including phenoxy) is 1. The van der Waals surface area contributed by atoms with E-state index in [1.54, 1.807) is 36.2 Å². The van der Waals surface area contributed by atoms with Gasteiger partial charge >= 0.3 is 0 Å². The number of amides is 2. The Morgan fingerprint density at radius 2 is 1.98 bits per heavy atom. The number of pyridine rings is 1. The quantitative estimate of drug-likeness (QED) is 0.119. The van der Waals surface area contributed by atoms with Crippen LogP contribution in [-0.2, 0) is 16.6 Å². The number of morpholine rings is 1. The lowest BCUT2D eigenvalue weighted by molar-refractivity contribution is -0.109. The average Bonchev–Trinajstić information content (AvgIpc) is 3.07. The zero-order valence-corrected chi connectivity index (χ0v) is 25.6. The van der Waals surface area contributed by atoms with E-state index in [1.807, 2.05) is 6.08 Å². The van der Waals surface area contributed by atoms with Crippen LogP contribution in [0.15, 0.2) is 70.5 Å². The second kappa shape index (κ2) is 16.9. The third-order valence-corrected chi connectivity index (χ3v) is 7.63. The summed E-state index contributed by atoms with van der Waals surface area (Å²) in [6.45, 7) is 3.05. The van der Waals surface area contributed by atoms with Gasteiger partial charge in [-0.25, -0.2) is 9.67 Å². The minimum Gasteiger partial charge on any atom is -0.405 e. The monoisotopic (exact) mass is 618 g/mol. The summed E-state index contributed by atoms with van der Waals surface area (Å²) in [4.78, 5) is 42.4. The number of aromatic nitrogens is 3. The molecule has 2 aliphatic rings. The van der Waals surface area contributed by atoms with Crippen molar-refractivity contribution < 1.29 is 19.4 Å². The van der Waals surface area contributed by atoms with Crippen LogP contribution in [0.1, 0.15) is 48.2 Å². The van der Waals surface area contributed by atoms with E-state index in [0.29, 0.717) is 80.4 Å². The minimum atomic E-state index is -0.372. The number of hydrogen-bond donors (Lipinski definition) is 5. The van der Waals surface area contributed by atoms with Crippen LogP contribution in [0.2, 0.25) is 0 Å². The van der Waals surface area contributed by atoms with Gasteiger partial charge in [0.25, 0.3) is 11.5 Å². The number of nitrogens with one attached hydrogen (secondary N) is 3. The first kappa shape index (κ1) is 33.1. The maximum absolute atomic E-state index is 13.0. The minimum absolute atomic E-state index is 0.118. The van der Waals surface area contributed by atoms with Crippen LogP contribution in [0.4, 0.5) is 11.5 Å². The molecule has 1 saturated heterocycles. The molecule has 0 unspecified atom stereocenters. The summed E-state index contributed by atoms with van der Waals surface area (Å²) >= 11 is 0. The lowest BCUT2D eigenvalue weighted by atomic mass is 9.94. The molecule has 0 saturated carbocycles. The molecule has 1 aliphatic heterocycles. The number of carbonyl (C=O) groups excluding carboxylic acids is 2. The molecule has 4 rings (SSSR count). The molecule has 3 heterocycles. The number of aryl methyl sites for hydroxylation is 1. The molecule has 2 amide bonds. The third kappa shape index (κ3) is 9.13. The van der Waals surface area contributed by atoms with Crippen molar-refractivity contribution in [3.63, 3.8) is 0 Å². The van der Waals surface area contributed by atoms with E-state index in [-0.39, 0.29) is 23.8 Å². The van der Waals surface area contributed by atoms with Gasteiger partial charge in [-0.1, -0.05) is 12.2 Å². The van der Waals surface area contributed by atoms with E-state index in [9.17, 15) is 19.5 Å². The van der Waals surface area contributed by atoms with Crippen molar-refractivity contribution in [3.8, 4) is 0 Å². The summed E-state index contributed by atoms with van der Waals surface area (Å²) in [5.74, 6) is 0.271. The van der Waals surface area contributed by atoms with Gasteiger partial charge in [0.15, 0.2) is 0 Å². The van der Waals surface area contributed by atoms with E-state index in [0.717, 1.165) is 25.7 Å². The Kier molecular flexibility index (Phi) is 12.5. The lowest BCUT2D eigenvalue weighted by Crippen LogP contribution is -2.40. The lowest BCUT2D eigenvalue weighted by Gasteiger charge is -2.26. The highest BCUT2D eigenvalue weighted by molar-refractivity contribution is 5.94. The van der Waals surface area contributed by atoms with E-state index in [1.165, 1.54) is 28.3 Å². The fraction of sp³-hybridized carbons (Fsp3) is 0.406. The molecule has 13 heteroatoms. The molecule has 1 aliphatic carbocycles. The number of aliphatic hydroxyl groups excluding tert-OH is 1. The first-order valence-corrected chi connectivity index (χ1v) is 15.1. The van der Waals surface area contributed by atoms with Crippen LogP contribution < -0.4 is 27.2 Å². The molecule has 45 heavy (non-hydrogen) atoms. The zero-order valence-electron chi connectivity index (χ0n) is 25.6. The highest BCUT2D eigenvalue weighted by Gasteiger charge is 2.19. The summed E-state index contributed by atoms with van der Waals surface area (Å²) in [5.41, 5.74) is 10.2. The van der Waals surface area contributed by atoms with Crippen LogP contribution in [0, 0.1) is 0 Å². The van der Waals surface area contributed by atoms with Crippen molar-refractivity contribution in [1.29, 1.82) is 0 Å². The smallest absolute Gasteiger partial charge is 0.290 e. The molecule has 0 atom stereocenters. The molecule has 0 radical (unpaired) electrons. The fourth-order valence-electron chi connectivity index (χ4n) is 5.25. The topological polar surface area (TPSA) is 177 Å². The van der Waals surface area contributed by atoms with Crippen LogP contribution in [0.25, 0.3) is 5.57 Å². The van der Waals surface area contributed by atoms with Crippen LogP contribution in [-0.4, -0.2) is 83.1 Å². The Morgan fingerprint density at radius 1 is 1.18 bits per heavy atom. The molecule has 6 N–H and O–H groups in total. The third-order valence-electron chi connectivity index (χ3n) is 7.63. The van der Waals surface area contributed by atoms with Gasteiger partial charge in [-0.15, -0.1) is 0 Å². The molecule has 2 aromatic heterocycles. The summed E-state index contributed by atoms with van der Waals surface area (Å²) in [6.07, 6.45) is 13.8. The van der Waals surface area contributed by atoms with Crippen molar-refractivity contribution in [2.45, 2.75) is 32.1 Å². The first-order chi connectivity index (χ1) is 21.9. The Hall–Kier alpha value is -4.75. The number of nitrogens with zero attached hydrogens (tertiary/aromatic N) is 4. The van der Waals surface area contributed by atoms with Gasteiger partial charge in [0.1, 0.15) is 11.5 Å². The second-order valence-electron chi connectivity index (χ2n) is 10.7. The van der Waals surface area contributed by atoms with Gasteiger partial charge in [-0.2, -0.15) is 5.10 Å². The highest BCUT2D eigenvalue weighted by atomic mass is 16.5. The Morgan fingerprint density at radius 3 is 2.69 bits per heavy atom.